The Labute approximate surface area is 117 Å². The lowest BCUT2D eigenvalue weighted by atomic mass is 9.94. The second kappa shape index (κ2) is 7.72. The van der Waals surface area contributed by atoms with Gasteiger partial charge in [0.2, 0.25) is 0 Å². The maximum absolute atomic E-state index is 6.08. The number of ether oxygens (including phenoxy) is 1. The average Bonchev–Trinajstić information content (AvgIpc) is 2.76. The predicted octanol–water partition coefficient (Wildman–Crippen LogP) is 3.53. The summed E-state index contributed by atoms with van der Waals surface area (Å²) in [5.74, 6) is 2.53. The van der Waals surface area contributed by atoms with E-state index in [2.05, 4.69) is 11.8 Å². The molecule has 0 amide bonds. The smallest absolute Gasteiger partial charge is 0.0468 e. The SMILES string of the molecule is CC1CCN(CCCCC2CCOCC2)C1CCl. The van der Waals surface area contributed by atoms with Crippen LogP contribution in [0.25, 0.3) is 0 Å². The fourth-order valence-corrected chi connectivity index (χ4v) is 3.90. The normalized spacial score (nSPS) is 31.0. The molecule has 0 aromatic rings. The van der Waals surface area contributed by atoms with Crippen molar-refractivity contribution in [3.05, 3.63) is 0 Å². The van der Waals surface area contributed by atoms with Gasteiger partial charge in [0, 0.05) is 25.1 Å². The van der Waals surface area contributed by atoms with E-state index in [-0.39, 0.29) is 0 Å². The monoisotopic (exact) mass is 273 g/mol. The summed E-state index contributed by atoms with van der Waals surface area (Å²) in [5, 5.41) is 0. The van der Waals surface area contributed by atoms with Crippen molar-refractivity contribution in [2.45, 2.75) is 51.5 Å². The Morgan fingerprint density at radius 1 is 1.17 bits per heavy atom. The van der Waals surface area contributed by atoms with Gasteiger partial charge in [0.05, 0.1) is 0 Å². The maximum atomic E-state index is 6.08. The number of hydrogen-bond acceptors (Lipinski definition) is 2. The molecule has 0 spiro atoms. The lowest BCUT2D eigenvalue weighted by molar-refractivity contribution is 0.0628. The zero-order valence-corrected chi connectivity index (χ0v) is 12.5. The van der Waals surface area contributed by atoms with Crippen LogP contribution in [0.3, 0.4) is 0 Å². The molecule has 2 aliphatic rings. The molecule has 2 aliphatic heterocycles. The molecule has 2 nitrogen and oxygen atoms in total. The second-order valence-corrected chi connectivity index (χ2v) is 6.38. The number of unbranched alkanes of at least 4 members (excludes halogenated alkanes) is 1. The van der Waals surface area contributed by atoms with Crippen molar-refractivity contribution in [1.29, 1.82) is 0 Å². The molecular weight excluding hydrogens is 246 g/mol. The Kier molecular flexibility index (Phi) is 6.26. The molecule has 2 fully saturated rings. The first kappa shape index (κ1) is 14.6. The van der Waals surface area contributed by atoms with Gasteiger partial charge in [-0.1, -0.05) is 19.8 Å². The van der Waals surface area contributed by atoms with E-state index in [1.807, 2.05) is 0 Å². The minimum Gasteiger partial charge on any atom is -0.381 e. The number of halogens is 1. The quantitative estimate of drug-likeness (QED) is 0.542. The molecule has 0 saturated carbocycles. The number of rotatable bonds is 6. The molecule has 2 saturated heterocycles. The van der Waals surface area contributed by atoms with Gasteiger partial charge in [-0.2, -0.15) is 0 Å². The zero-order chi connectivity index (χ0) is 12.8. The van der Waals surface area contributed by atoms with E-state index in [1.165, 1.54) is 51.6 Å². The van der Waals surface area contributed by atoms with Gasteiger partial charge in [-0.25, -0.2) is 0 Å². The summed E-state index contributed by atoms with van der Waals surface area (Å²) in [6.45, 7) is 6.83. The van der Waals surface area contributed by atoms with Crippen LogP contribution >= 0.6 is 11.6 Å². The summed E-state index contributed by atoms with van der Waals surface area (Å²) in [6.07, 6.45) is 8.02. The van der Waals surface area contributed by atoms with Crippen LogP contribution in [0.2, 0.25) is 0 Å². The molecule has 2 rings (SSSR count). The van der Waals surface area contributed by atoms with Gasteiger partial charge in [0.15, 0.2) is 0 Å². The van der Waals surface area contributed by atoms with Crippen molar-refractivity contribution in [2.75, 3.05) is 32.2 Å². The molecule has 2 heterocycles. The first-order valence-corrected chi connectivity index (χ1v) is 8.22. The van der Waals surface area contributed by atoms with Gasteiger partial charge in [0.25, 0.3) is 0 Å². The van der Waals surface area contributed by atoms with E-state index in [4.69, 9.17) is 16.3 Å². The molecule has 0 aliphatic carbocycles. The van der Waals surface area contributed by atoms with Gasteiger partial charge in [-0.3, -0.25) is 4.90 Å². The number of hydrogen-bond donors (Lipinski definition) is 0. The van der Waals surface area contributed by atoms with E-state index in [1.54, 1.807) is 0 Å². The standard InChI is InChI=1S/C15H28ClNO/c1-13-5-9-17(15(13)12-16)8-3-2-4-14-6-10-18-11-7-14/h13-15H,2-12H2,1H3. The van der Waals surface area contributed by atoms with E-state index in [0.29, 0.717) is 6.04 Å². The second-order valence-electron chi connectivity index (χ2n) is 6.08. The van der Waals surface area contributed by atoms with Gasteiger partial charge in [-0.15, -0.1) is 11.6 Å². The number of nitrogens with zero attached hydrogens (tertiary/aromatic N) is 1. The van der Waals surface area contributed by atoms with Crippen LogP contribution in [0.4, 0.5) is 0 Å². The molecule has 3 heteroatoms. The van der Waals surface area contributed by atoms with Crippen LogP contribution in [-0.4, -0.2) is 43.1 Å². The maximum Gasteiger partial charge on any atom is 0.0468 e. The molecule has 18 heavy (non-hydrogen) atoms. The molecular formula is C15H28ClNO. The highest BCUT2D eigenvalue weighted by molar-refractivity contribution is 6.18. The van der Waals surface area contributed by atoms with Crippen LogP contribution in [-0.2, 0) is 4.74 Å². The molecule has 2 unspecified atom stereocenters. The number of alkyl halides is 1. The zero-order valence-electron chi connectivity index (χ0n) is 11.7. The van der Waals surface area contributed by atoms with Gasteiger partial charge in [0.1, 0.15) is 0 Å². The molecule has 0 aromatic carbocycles. The Balaban J connectivity index is 1.57. The third-order valence-corrected chi connectivity index (χ3v) is 5.12. The van der Waals surface area contributed by atoms with Crippen LogP contribution < -0.4 is 0 Å². The summed E-state index contributed by atoms with van der Waals surface area (Å²) in [6, 6.07) is 0.634. The Morgan fingerprint density at radius 2 is 1.94 bits per heavy atom. The van der Waals surface area contributed by atoms with Crippen molar-refractivity contribution in [3.8, 4) is 0 Å². The Hall–Kier alpha value is 0.210. The van der Waals surface area contributed by atoms with Crippen molar-refractivity contribution in [2.24, 2.45) is 11.8 Å². The highest BCUT2D eigenvalue weighted by Crippen LogP contribution is 2.26. The summed E-state index contributed by atoms with van der Waals surface area (Å²) in [5.41, 5.74) is 0. The lowest BCUT2D eigenvalue weighted by Crippen LogP contribution is -2.34. The van der Waals surface area contributed by atoms with Gasteiger partial charge < -0.3 is 4.74 Å². The van der Waals surface area contributed by atoms with E-state index in [9.17, 15) is 0 Å². The Bertz CT molecular complexity index is 231. The minimum atomic E-state index is 0.634. The first-order chi connectivity index (χ1) is 8.81. The van der Waals surface area contributed by atoms with Crippen LogP contribution in [0.15, 0.2) is 0 Å². The molecule has 0 aromatic heterocycles. The summed E-state index contributed by atoms with van der Waals surface area (Å²) < 4.78 is 5.40. The summed E-state index contributed by atoms with van der Waals surface area (Å²) in [7, 11) is 0. The van der Waals surface area contributed by atoms with E-state index in [0.717, 1.165) is 30.9 Å². The third-order valence-electron chi connectivity index (χ3n) is 4.80. The highest BCUT2D eigenvalue weighted by atomic mass is 35.5. The molecule has 106 valence electrons. The molecule has 0 bridgehead atoms. The highest BCUT2D eigenvalue weighted by Gasteiger charge is 2.29. The largest absolute Gasteiger partial charge is 0.381 e. The summed E-state index contributed by atoms with van der Waals surface area (Å²) in [4.78, 5) is 2.61. The fourth-order valence-electron chi connectivity index (χ4n) is 3.40. The molecule has 0 radical (unpaired) electrons. The van der Waals surface area contributed by atoms with E-state index >= 15 is 0 Å². The van der Waals surface area contributed by atoms with Gasteiger partial charge in [-0.05, 0) is 50.6 Å². The predicted molar refractivity (Wildman–Crippen MR) is 77.3 cm³/mol. The molecule has 0 N–H and O–H groups in total. The van der Waals surface area contributed by atoms with Crippen LogP contribution in [0.5, 0.6) is 0 Å². The van der Waals surface area contributed by atoms with E-state index < -0.39 is 0 Å². The van der Waals surface area contributed by atoms with Crippen LogP contribution in [0.1, 0.15) is 45.4 Å². The number of likely N-dealkylation sites (tertiary alicyclic amines) is 1. The third kappa shape index (κ3) is 4.11. The van der Waals surface area contributed by atoms with Crippen molar-refractivity contribution < 1.29 is 4.74 Å². The first-order valence-electron chi connectivity index (χ1n) is 7.69. The van der Waals surface area contributed by atoms with Gasteiger partial charge >= 0.3 is 0 Å². The topological polar surface area (TPSA) is 12.5 Å². The van der Waals surface area contributed by atoms with Crippen molar-refractivity contribution >= 4 is 11.6 Å². The van der Waals surface area contributed by atoms with Crippen LogP contribution in [0, 0.1) is 11.8 Å². The lowest BCUT2D eigenvalue weighted by Gasteiger charge is -2.25. The molecule has 2 atom stereocenters. The Morgan fingerprint density at radius 3 is 2.67 bits per heavy atom. The van der Waals surface area contributed by atoms with Crippen molar-refractivity contribution in [3.63, 3.8) is 0 Å². The van der Waals surface area contributed by atoms with Crippen molar-refractivity contribution in [1.82, 2.24) is 4.90 Å². The fraction of sp³-hybridized carbons (Fsp3) is 1.00. The summed E-state index contributed by atoms with van der Waals surface area (Å²) >= 11 is 6.08. The average molecular weight is 274 g/mol. The minimum absolute atomic E-state index is 0.634.